The minimum atomic E-state index is -0.290. The van der Waals surface area contributed by atoms with E-state index in [-0.39, 0.29) is 30.1 Å². The van der Waals surface area contributed by atoms with Gasteiger partial charge in [0.2, 0.25) is 0 Å². The van der Waals surface area contributed by atoms with E-state index in [0.717, 1.165) is 57.8 Å². The molecule has 0 aliphatic heterocycles. The lowest BCUT2D eigenvalue weighted by atomic mass is 9.90. The van der Waals surface area contributed by atoms with E-state index in [0.29, 0.717) is 12.3 Å². The first-order valence-corrected chi connectivity index (χ1v) is 10.7. The van der Waals surface area contributed by atoms with Gasteiger partial charge in [0.25, 0.3) is 0 Å². The summed E-state index contributed by atoms with van der Waals surface area (Å²) in [6, 6.07) is 0. The van der Waals surface area contributed by atoms with Crippen molar-refractivity contribution in [2.45, 2.75) is 90.3 Å². The van der Waals surface area contributed by atoms with E-state index in [2.05, 4.69) is 29.9 Å². The number of carbonyl (C=O) groups is 2. The second kappa shape index (κ2) is 14.4. The number of hydrogen-bond donors (Lipinski definition) is 1. The molecule has 160 valence electrons. The molecule has 0 spiro atoms. The highest BCUT2D eigenvalue weighted by molar-refractivity contribution is 5.69. The zero-order chi connectivity index (χ0) is 20.8. The van der Waals surface area contributed by atoms with Gasteiger partial charge in [-0.05, 0) is 62.9 Å². The molecule has 0 aromatic heterocycles. The van der Waals surface area contributed by atoms with Gasteiger partial charge in [0.05, 0.1) is 13.2 Å². The first-order valence-electron chi connectivity index (χ1n) is 10.7. The summed E-state index contributed by atoms with van der Waals surface area (Å²) in [6.07, 6.45) is 16.7. The van der Waals surface area contributed by atoms with E-state index >= 15 is 0 Å². The van der Waals surface area contributed by atoms with E-state index in [1.54, 1.807) is 0 Å². The predicted octanol–water partition coefficient (Wildman–Crippen LogP) is 4.73. The molecule has 0 amide bonds. The van der Waals surface area contributed by atoms with Crippen molar-refractivity contribution in [2.24, 2.45) is 11.8 Å². The maximum atomic E-state index is 11.4. The van der Waals surface area contributed by atoms with Crippen molar-refractivity contribution in [3.05, 3.63) is 24.3 Å². The molecule has 0 saturated heterocycles. The molecule has 5 heteroatoms. The molecule has 0 heterocycles. The zero-order valence-electron chi connectivity index (χ0n) is 17.8. The van der Waals surface area contributed by atoms with Crippen molar-refractivity contribution in [1.82, 2.24) is 0 Å². The number of rotatable bonds is 13. The predicted molar refractivity (Wildman–Crippen MR) is 111 cm³/mol. The van der Waals surface area contributed by atoms with Crippen molar-refractivity contribution in [2.75, 3.05) is 7.11 Å². The normalized spacial score (nSPS) is 23.4. The Kier molecular flexibility index (Phi) is 12.5. The van der Waals surface area contributed by atoms with Gasteiger partial charge in [0.1, 0.15) is 6.10 Å². The maximum absolute atomic E-state index is 11.4. The second-order valence-corrected chi connectivity index (χ2v) is 7.68. The van der Waals surface area contributed by atoms with Crippen LogP contribution in [0, 0.1) is 11.8 Å². The summed E-state index contributed by atoms with van der Waals surface area (Å²) in [5.74, 6) is 0.0795. The van der Waals surface area contributed by atoms with Crippen LogP contribution in [0.15, 0.2) is 24.3 Å². The Labute approximate surface area is 170 Å². The first-order chi connectivity index (χ1) is 13.5. The van der Waals surface area contributed by atoms with Crippen molar-refractivity contribution in [1.29, 1.82) is 0 Å². The molecule has 0 radical (unpaired) electrons. The van der Waals surface area contributed by atoms with Crippen LogP contribution in [-0.2, 0) is 19.1 Å². The highest BCUT2D eigenvalue weighted by Gasteiger charge is 2.32. The van der Waals surface area contributed by atoms with E-state index in [1.807, 2.05) is 6.08 Å². The maximum Gasteiger partial charge on any atom is 0.305 e. The molecule has 1 fully saturated rings. The number of ether oxygens (including phenoxy) is 2. The average Bonchev–Trinajstić information content (AvgIpc) is 3.01. The van der Waals surface area contributed by atoms with Crippen molar-refractivity contribution >= 4 is 11.9 Å². The summed E-state index contributed by atoms with van der Waals surface area (Å²) >= 11 is 0. The number of unbranched alkanes of at least 4 members (excludes halogenated alkanes) is 3. The smallest absolute Gasteiger partial charge is 0.305 e. The molecule has 4 atom stereocenters. The standard InChI is InChI=1S/C23H38O5/c1-4-5-8-11-20(28-18(2)24)16-14-19-15-17-22(25)21(19)12-9-6-7-10-13-23(26)27-3/h6,9,14,16,19-22,25H,4-5,7-8,10-13,15,17H2,1-3H3. The van der Waals surface area contributed by atoms with Gasteiger partial charge in [-0.3, -0.25) is 9.59 Å². The van der Waals surface area contributed by atoms with Gasteiger partial charge in [-0.25, -0.2) is 0 Å². The van der Waals surface area contributed by atoms with Crippen LogP contribution in [0.4, 0.5) is 0 Å². The van der Waals surface area contributed by atoms with Crippen LogP contribution in [0.2, 0.25) is 0 Å². The molecule has 1 rings (SSSR count). The molecule has 0 aromatic carbocycles. The Bertz CT molecular complexity index is 511. The number of aliphatic hydroxyl groups excluding tert-OH is 1. The summed E-state index contributed by atoms with van der Waals surface area (Å²) in [7, 11) is 1.41. The van der Waals surface area contributed by atoms with Crippen molar-refractivity contribution in [3.63, 3.8) is 0 Å². The van der Waals surface area contributed by atoms with Gasteiger partial charge in [0.15, 0.2) is 0 Å². The van der Waals surface area contributed by atoms with Gasteiger partial charge >= 0.3 is 11.9 Å². The van der Waals surface area contributed by atoms with Crippen molar-refractivity contribution in [3.8, 4) is 0 Å². The topological polar surface area (TPSA) is 72.8 Å². The van der Waals surface area contributed by atoms with Gasteiger partial charge in [-0.1, -0.05) is 38.0 Å². The van der Waals surface area contributed by atoms with E-state index < -0.39 is 0 Å². The Morgan fingerprint density at radius 1 is 1.18 bits per heavy atom. The highest BCUT2D eigenvalue weighted by Crippen LogP contribution is 2.36. The molecule has 1 N–H and O–H groups in total. The van der Waals surface area contributed by atoms with Crippen LogP contribution in [0.5, 0.6) is 0 Å². The lowest BCUT2D eigenvalue weighted by Gasteiger charge is -2.19. The zero-order valence-corrected chi connectivity index (χ0v) is 17.8. The van der Waals surface area contributed by atoms with E-state index in [9.17, 15) is 14.7 Å². The number of methoxy groups -OCH3 is 1. The Morgan fingerprint density at radius 2 is 1.96 bits per heavy atom. The fourth-order valence-corrected chi connectivity index (χ4v) is 3.75. The lowest BCUT2D eigenvalue weighted by molar-refractivity contribution is -0.144. The van der Waals surface area contributed by atoms with Crippen molar-refractivity contribution < 1.29 is 24.2 Å². The van der Waals surface area contributed by atoms with Crippen LogP contribution in [0.25, 0.3) is 0 Å². The third kappa shape index (κ3) is 10.1. The third-order valence-corrected chi connectivity index (χ3v) is 5.38. The molecule has 4 unspecified atom stereocenters. The minimum Gasteiger partial charge on any atom is -0.469 e. The molecule has 0 aromatic rings. The van der Waals surface area contributed by atoms with Gasteiger partial charge < -0.3 is 14.6 Å². The van der Waals surface area contributed by atoms with Crippen LogP contribution in [-0.4, -0.2) is 36.4 Å². The number of carbonyl (C=O) groups excluding carboxylic acids is 2. The SMILES string of the molecule is CCCCCC(C=CC1CCC(O)C1CC=CCCCC(=O)OC)OC(C)=O. The summed E-state index contributed by atoms with van der Waals surface area (Å²) < 4.78 is 10.1. The summed E-state index contributed by atoms with van der Waals surface area (Å²) in [6.45, 7) is 3.61. The third-order valence-electron chi connectivity index (χ3n) is 5.38. The molecule has 5 nitrogen and oxygen atoms in total. The Hall–Kier alpha value is -1.62. The average molecular weight is 395 g/mol. The molecular formula is C23H38O5. The second-order valence-electron chi connectivity index (χ2n) is 7.68. The summed E-state index contributed by atoms with van der Waals surface area (Å²) in [5.41, 5.74) is 0. The molecule has 1 saturated carbocycles. The fraction of sp³-hybridized carbons (Fsp3) is 0.739. The molecular weight excluding hydrogens is 356 g/mol. The fourth-order valence-electron chi connectivity index (χ4n) is 3.75. The van der Waals surface area contributed by atoms with Crippen LogP contribution >= 0.6 is 0 Å². The van der Waals surface area contributed by atoms with Gasteiger partial charge in [0, 0.05) is 13.3 Å². The molecule has 1 aliphatic carbocycles. The number of esters is 2. The first kappa shape index (κ1) is 24.4. The Balaban J connectivity index is 2.51. The van der Waals surface area contributed by atoms with Gasteiger partial charge in [-0.2, -0.15) is 0 Å². The summed E-state index contributed by atoms with van der Waals surface area (Å²) in [4.78, 5) is 22.5. The number of aliphatic hydroxyl groups is 1. The highest BCUT2D eigenvalue weighted by atomic mass is 16.5. The molecule has 28 heavy (non-hydrogen) atoms. The van der Waals surface area contributed by atoms with Crippen LogP contribution in [0.1, 0.15) is 78.1 Å². The summed E-state index contributed by atoms with van der Waals surface area (Å²) in [5, 5.41) is 10.3. The van der Waals surface area contributed by atoms with Gasteiger partial charge in [-0.15, -0.1) is 0 Å². The monoisotopic (exact) mass is 394 g/mol. The molecule has 0 bridgehead atoms. The van der Waals surface area contributed by atoms with Crippen LogP contribution in [0.3, 0.4) is 0 Å². The van der Waals surface area contributed by atoms with E-state index in [4.69, 9.17) is 4.74 Å². The molecule has 1 aliphatic rings. The quantitative estimate of drug-likeness (QED) is 0.278. The largest absolute Gasteiger partial charge is 0.469 e. The van der Waals surface area contributed by atoms with Crippen LogP contribution < -0.4 is 0 Å². The lowest BCUT2D eigenvalue weighted by Crippen LogP contribution is -2.18. The Morgan fingerprint density at radius 3 is 2.64 bits per heavy atom. The number of hydrogen-bond acceptors (Lipinski definition) is 5. The number of allylic oxidation sites excluding steroid dienone is 3. The van der Waals surface area contributed by atoms with E-state index in [1.165, 1.54) is 14.0 Å². The minimum absolute atomic E-state index is 0.170.